The average molecular weight is 339 g/mol. The van der Waals surface area contributed by atoms with Crippen LogP contribution in [0, 0.1) is 0 Å². The minimum Gasteiger partial charge on any atom is -0.490 e. The summed E-state index contributed by atoms with van der Waals surface area (Å²) in [5, 5.41) is 9.10. The van der Waals surface area contributed by atoms with Crippen LogP contribution in [0.1, 0.15) is 32.7 Å². The third-order valence-electron chi connectivity index (χ3n) is 4.46. The fourth-order valence-electron chi connectivity index (χ4n) is 3.20. The Morgan fingerprint density at radius 3 is 2.52 bits per heavy atom. The number of rotatable bonds is 2. The number of hydrogen-bond donors (Lipinski definition) is 1. The molecule has 2 aromatic rings. The molecule has 0 aromatic heterocycles. The third kappa shape index (κ3) is 2.80. The van der Waals surface area contributed by atoms with Crippen molar-refractivity contribution < 1.29 is 24.2 Å². The number of carboxylic acids is 1. The van der Waals surface area contributed by atoms with Crippen LogP contribution in [0.15, 0.2) is 36.4 Å². The van der Waals surface area contributed by atoms with Gasteiger partial charge in [-0.1, -0.05) is 0 Å². The monoisotopic (exact) mass is 339 g/mol. The van der Waals surface area contributed by atoms with Crippen molar-refractivity contribution in [3.63, 3.8) is 0 Å². The first-order chi connectivity index (χ1) is 12.1. The average Bonchev–Trinajstić information content (AvgIpc) is 2.90. The standard InChI is InChI=1S/C19H17NO5/c21-18(13-3-5-16-17(11-13)25-9-1-8-24-16)20-7-6-12-10-14(19(22)23)2-4-15(12)20/h2-5,10-11H,1,6-9H2,(H,22,23). The highest BCUT2D eigenvalue weighted by molar-refractivity contribution is 6.08. The second kappa shape index (κ2) is 6.12. The molecule has 0 saturated heterocycles. The molecule has 6 heteroatoms. The molecule has 6 nitrogen and oxygen atoms in total. The van der Waals surface area contributed by atoms with Gasteiger partial charge >= 0.3 is 5.97 Å². The zero-order chi connectivity index (χ0) is 17.4. The van der Waals surface area contributed by atoms with Crippen molar-refractivity contribution >= 4 is 17.6 Å². The molecule has 0 unspecified atom stereocenters. The van der Waals surface area contributed by atoms with Gasteiger partial charge in [-0.15, -0.1) is 0 Å². The Hall–Kier alpha value is -3.02. The van der Waals surface area contributed by atoms with Gasteiger partial charge in [-0.2, -0.15) is 0 Å². The number of aromatic carboxylic acids is 1. The number of fused-ring (bicyclic) bond motifs is 2. The largest absolute Gasteiger partial charge is 0.490 e. The predicted molar refractivity (Wildman–Crippen MR) is 90.8 cm³/mol. The van der Waals surface area contributed by atoms with Gasteiger partial charge in [0.05, 0.1) is 18.8 Å². The van der Waals surface area contributed by atoms with Crippen molar-refractivity contribution in [1.82, 2.24) is 0 Å². The van der Waals surface area contributed by atoms with Gasteiger partial charge in [-0.3, -0.25) is 4.79 Å². The Morgan fingerprint density at radius 2 is 1.72 bits per heavy atom. The number of carboxylic acid groups (broad SMARTS) is 1. The minimum atomic E-state index is -0.963. The first kappa shape index (κ1) is 15.5. The molecule has 0 bridgehead atoms. The number of amides is 1. The lowest BCUT2D eigenvalue weighted by molar-refractivity contribution is 0.0696. The van der Waals surface area contributed by atoms with Crippen molar-refractivity contribution in [2.75, 3.05) is 24.7 Å². The topological polar surface area (TPSA) is 76.1 Å². The second-order valence-electron chi connectivity index (χ2n) is 6.07. The molecule has 0 aliphatic carbocycles. The Balaban J connectivity index is 1.63. The van der Waals surface area contributed by atoms with Gasteiger partial charge in [-0.25, -0.2) is 4.79 Å². The van der Waals surface area contributed by atoms with Crippen LogP contribution >= 0.6 is 0 Å². The van der Waals surface area contributed by atoms with Crippen LogP contribution < -0.4 is 14.4 Å². The van der Waals surface area contributed by atoms with Crippen molar-refractivity contribution in [3.8, 4) is 11.5 Å². The summed E-state index contributed by atoms with van der Waals surface area (Å²) >= 11 is 0. The van der Waals surface area contributed by atoms with Gasteiger partial charge in [-0.05, 0) is 48.4 Å². The number of carbonyl (C=O) groups excluding carboxylic acids is 1. The molecular formula is C19H17NO5. The van der Waals surface area contributed by atoms with Crippen LogP contribution in [0.2, 0.25) is 0 Å². The van der Waals surface area contributed by atoms with Gasteiger partial charge in [0, 0.05) is 24.2 Å². The fourth-order valence-corrected chi connectivity index (χ4v) is 3.20. The molecule has 25 heavy (non-hydrogen) atoms. The van der Waals surface area contributed by atoms with E-state index in [0.717, 1.165) is 17.7 Å². The van der Waals surface area contributed by atoms with E-state index in [1.165, 1.54) is 6.07 Å². The van der Waals surface area contributed by atoms with E-state index >= 15 is 0 Å². The summed E-state index contributed by atoms with van der Waals surface area (Å²) < 4.78 is 11.2. The fraction of sp³-hybridized carbons (Fsp3) is 0.263. The third-order valence-corrected chi connectivity index (χ3v) is 4.46. The molecule has 2 aromatic carbocycles. The molecule has 2 heterocycles. The highest BCUT2D eigenvalue weighted by Crippen LogP contribution is 2.34. The van der Waals surface area contributed by atoms with E-state index in [-0.39, 0.29) is 11.5 Å². The number of anilines is 1. The molecule has 2 aliphatic rings. The number of ether oxygens (including phenoxy) is 2. The molecule has 1 amide bonds. The SMILES string of the molecule is O=C(O)c1ccc2c(c1)CCN2C(=O)c1ccc2c(c1)OCCCO2. The molecule has 4 rings (SSSR count). The van der Waals surface area contributed by atoms with Crippen LogP contribution in [-0.4, -0.2) is 36.7 Å². The maximum absolute atomic E-state index is 12.9. The highest BCUT2D eigenvalue weighted by Gasteiger charge is 2.27. The maximum atomic E-state index is 12.9. The summed E-state index contributed by atoms with van der Waals surface area (Å²) in [6.45, 7) is 1.70. The van der Waals surface area contributed by atoms with Gasteiger partial charge in [0.2, 0.25) is 0 Å². The molecule has 128 valence electrons. The first-order valence-electron chi connectivity index (χ1n) is 8.21. The lowest BCUT2D eigenvalue weighted by Crippen LogP contribution is -2.28. The van der Waals surface area contributed by atoms with E-state index in [9.17, 15) is 9.59 Å². The second-order valence-corrected chi connectivity index (χ2v) is 6.07. The van der Waals surface area contributed by atoms with E-state index in [1.807, 2.05) is 0 Å². The smallest absolute Gasteiger partial charge is 0.335 e. The van der Waals surface area contributed by atoms with Crippen molar-refractivity contribution in [2.45, 2.75) is 12.8 Å². The Bertz CT molecular complexity index is 861. The number of hydrogen-bond acceptors (Lipinski definition) is 4. The number of carbonyl (C=O) groups is 2. The van der Waals surface area contributed by atoms with Crippen LogP contribution in [0.5, 0.6) is 11.5 Å². The molecule has 0 fully saturated rings. The highest BCUT2D eigenvalue weighted by atomic mass is 16.5. The predicted octanol–water partition coefficient (Wildman–Crippen LogP) is 2.75. The summed E-state index contributed by atoms with van der Waals surface area (Å²) in [7, 11) is 0. The van der Waals surface area contributed by atoms with E-state index in [1.54, 1.807) is 35.2 Å². The molecule has 0 radical (unpaired) electrons. The van der Waals surface area contributed by atoms with E-state index < -0.39 is 5.97 Å². The lowest BCUT2D eigenvalue weighted by atomic mass is 10.1. The lowest BCUT2D eigenvalue weighted by Gasteiger charge is -2.18. The van der Waals surface area contributed by atoms with Crippen LogP contribution in [0.25, 0.3) is 0 Å². The van der Waals surface area contributed by atoms with Gasteiger partial charge < -0.3 is 19.5 Å². The van der Waals surface area contributed by atoms with Crippen LogP contribution in [0.3, 0.4) is 0 Å². The van der Waals surface area contributed by atoms with Crippen molar-refractivity contribution in [1.29, 1.82) is 0 Å². The van der Waals surface area contributed by atoms with E-state index in [4.69, 9.17) is 14.6 Å². The number of benzene rings is 2. The maximum Gasteiger partial charge on any atom is 0.335 e. The molecule has 2 aliphatic heterocycles. The number of nitrogens with zero attached hydrogens (tertiary/aromatic N) is 1. The molecule has 0 spiro atoms. The normalized spacial score (nSPS) is 15.4. The summed E-state index contributed by atoms with van der Waals surface area (Å²) in [6.07, 6.45) is 1.45. The Morgan fingerprint density at radius 1 is 0.960 bits per heavy atom. The zero-order valence-corrected chi connectivity index (χ0v) is 13.5. The zero-order valence-electron chi connectivity index (χ0n) is 13.5. The van der Waals surface area contributed by atoms with Crippen LogP contribution in [-0.2, 0) is 6.42 Å². The van der Waals surface area contributed by atoms with Crippen molar-refractivity contribution in [3.05, 3.63) is 53.1 Å². The first-order valence-corrected chi connectivity index (χ1v) is 8.21. The van der Waals surface area contributed by atoms with E-state index in [2.05, 4.69) is 0 Å². The van der Waals surface area contributed by atoms with E-state index in [0.29, 0.717) is 43.2 Å². The molecule has 0 atom stereocenters. The van der Waals surface area contributed by atoms with Gasteiger partial charge in [0.25, 0.3) is 5.91 Å². The quantitative estimate of drug-likeness (QED) is 0.910. The Labute approximate surface area is 144 Å². The summed E-state index contributed by atoms with van der Waals surface area (Å²) in [5.41, 5.74) is 2.41. The summed E-state index contributed by atoms with van der Waals surface area (Å²) in [5.74, 6) is 0.152. The Kier molecular flexibility index (Phi) is 3.80. The van der Waals surface area contributed by atoms with Gasteiger partial charge in [0.1, 0.15) is 0 Å². The minimum absolute atomic E-state index is 0.127. The molecular weight excluding hydrogens is 322 g/mol. The molecule has 0 saturated carbocycles. The molecule has 1 N–H and O–H groups in total. The summed E-state index contributed by atoms with van der Waals surface area (Å²) in [4.78, 5) is 25.7. The van der Waals surface area contributed by atoms with Crippen molar-refractivity contribution in [2.24, 2.45) is 0 Å². The van der Waals surface area contributed by atoms with Crippen LogP contribution in [0.4, 0.5) is 5.69 Å². The summed E-state index contributed by atoms with van der Waals surface area (Å²) in [6, 6.07) is 10.1. The van der Waals surface area contributed by atoms with Gasteiger partial charge in [0.15, 0.2) is 11.5 Å².